The minimum atomic E-state index is -0.305. The van der Waals surface area contributed by atoms with Gasteiger partial charge in [0.25, 0.3) is 0 Å². The van der Waals surface area contributed by atoms with Crippen LogP contribution in [-0.4, -0.2) is 14.6 Å². The highest BCUT2D eigenvalue weighted by molar-refractivity contribution is 5.58. The fraction of sp³-hybridized carbons (Fsp3) is 0.0769. The third-order valence-corrected chi connectivity index (χ3v) is 2.61. The molecule has 2 heterocycles. The largest absolute Gasteiger partial charge is 0.221 e. The molecule has 0 atom stereocenters. The lowest BCUT2D eigenvalue weighted by Gasteiger charge is -1.95. The van der Waals surface area contributed by atoms with Crippen LogP contribution in [0.1, 0.15) is 5.56 Å². The second kappa shape index (κ2) is 3.66. The van der Waals surface area contributed by atoms with Crippen molar-refractivity contribution >= 4 is 5.65 Å². The third-order valence-electron chi connectivity index (χ3n) is 2.61. The molecule has 0 aliphatic rings. The number of fused-ring (bicyclic) bond motifs is 1. The molecule has 0 radical (unpaired) electrons. The molecule has 4 heteroatoms. The molecule has 0 saturated heterocycles. The van der Waals surface area contributed by atoms with Gasteiger partial charge in [0, 0.05) is 6.20 Å². The van der Waals surface area contributed by atoms with Crippen molar-refractivity contribution in [1.82, 2.24) is 14.6 Å². The summed E-state index contributed by atoms with van der Waals surface area (Å²) < 4.78 is 15.2. The van der Waals surface area contributed by atoms with Crippen LogP contribution in [0.15, 0.2) is 42.6 Å². The minimum absolute atomic E-state index is 0.305. The first-order chi connectivity index (χ1) is 8.24. The Morgan fingerprint density at radius 3 is 2.82 bits per heavy atom. The van der Waals surface area contributed by atoms with Crippen LogP contribution in [0.3, 0.4) is 0 Å². The molecule has 0 bridgehead atoms. The summed E-state index contributed by atoms with van der Waals surface area (Å²) in [5, 5.41) is 4.25. The summed E-state index contributed by atoms with van der Waals surface area (Å²) >= 11 is 0. The fourth-order valence-corrected chi connectivity index (χ4v) is 1.74. The van der Waals surface area contributed by atoms with E-state index in [0.29, 0.717) is 11.4 Å². The Balaban J connectivity index is 2.22. The summed E-state index contributed by atoms with van der Waals surface area (Å²) in [7, 11) is 0. The first kappa shape index (κ1) is 9.96. The summed E-state index contributed by atoms with van der Waals surface area (Å²) in [5.41, 5.74) is 2.25. The van der Waals surface area contributed by atoms with E-state index in [4.69, 9.17) is 0 Å². The zero-order valence-corrected chi connectivity index (χ0v) is 9.26. The number of aromatic nitrogens is 3. The first-order valence-corrected chi connectivity index (χ1v) is 5.32. The molecule has 0 aliphatic heterocycles. The molecule has 0 unspecified atom stereocenters. The van der Waals surface area contributed by atoms with Crippen LogP contribution in [0, 0.1) is 12.7 Å². The summed E-state index contributed by atoms with van der Waals surface area (Å²) in [6.45, 7) is 1.98. The normalized spacial score (nSPS) is 10.9. The number of benzene rings is 1. The van der Waals surface area contributed by atoms with Crippen LogP contribution in [0.4, 0.5) is 4.39 Å². The number of nitrogens with zero attached hydrogens (tertiary/aromatic N) is 3. The van der Waals surface area contributed by atoms with Crippen molar-refractivity contribution in [2.45, 2.75) is 6.92 Å². The van der Waals surface area contributed by atoms with Gasteiger partial charge >= 0.3 is 0 Å². The van der Waals surface area contributed by atoms with E-state index < -0.39 is 0 Å². The first-order valence-electron chi connectivity index (χ1n) is 5.32. The van der Waals surface area contributed by atoms with Gasteiger partial charge in [0.2, 0.25) is 0 Å². The molecule has 0 N–H and O–H groups in total. The average Bonchev–Trinajstić information content (AvgIpc) is 2.72. The van der Waals surface area contributed by atoms with Crippen LogP contribution in [0.5, 0.6) is 0 Å². The third kappa shape index (κ3) is 1.67. The smallest absolute Gasteiger partial charge is 0.185 e. The van der Waals surface area contributed by atoms with E-state index in [9.17, 15) is 4.39 Å². The lowest BCUT2D eigenvalue weighted by atomic mass is 10.2. The molecule has 2 aromatic heterocycles. The maximum atomic E-state index is 13.6. The number of hydrogen-bond donors (Lipinski definition) is 0. The zero-order chi connectivity index (χ0) is 11.8. The average molecular weight is 227 g/mol. The molecule has 3 aromatic rings. The molecular weight excluding hydrogens is 217 g/mol. The highest BCUT2D eigenvalue weighted by Gasteiger charge is 2.10. The number of hydrogen-bond acceptors (Lipinski definition) is 2. The van der Waals surface area contributed by atoms with Crippen molar-refractivity contribution in [3.63, 3.8) is 0 Å². The SMILES string of the molecule is Cc1ccn2nc(-c3ccccc3F)nc2c1. The molecule has 0 saturated carbocycles. The topological polar surface area (TPSA) is 30.2 Å². The van der Waals surface area contributed by atoms with Gasteiger partial charge in [-0.3, -0.25) is 0 Å². The van der Waals surface area contributed by atoms with Crippen LogP contribution in [0.2, 0.25) is 0 Å². The van der Waals surface area contributed by atoms with Gasteiger partial charge in [-0.2, -0.15) is 0 Å². The lowest BCUT2D eigenvalue weighted by Crippen LogP contribution is -1.88. The van der Waals surface area contributed by atoms with Crippen molar-refractivity contribution in [2.24, 2.45) is 0 Å². The Labute approximate surface area is 97.5 Å². The van der Waals surface area contributed by atoms with Crippen LogP contribution < -0.4 is 0 Å². The summed E-state index contributed by atoms with van der Waals surface area (Å²) in [6, 6.07) is 10.4. The van der Waals surface area contributed by atoms with Crippen LogP contribution >= 0.6 is 0 Å². The Morgan fingerprint density at radius 2 is 2.00 bits per heavy atom. The summed E-state index contributed by atoms with van der Waals surface area (Å²) in [4.78, 5) is 4.32. The van der Waals surface area contributed by atoms with E-state index in [-0.39, 0.29) is 5.82 Å². The predicted octanol–water partition coefficient (Wildman–Crippen LogP) is 2.84. The Kier molecular flexibility index (Phi) is 2.14. The number of rotatable bonds is 1. The van der Waals surface area contributed by atoms with Crippen molar-refractivity contribution in [1.29, 1.82) is 0 Å². The predicted molar refractivity (Wildman–Crippen MR) is 63.1 cm³/mol. The molecule has 3 rings (SSSR count). The van der Waals surface area contributed by atoms with Crippen molar-refractivity contribution in [2.75, 3.05) is 0 Å². The van der Waals surface area contributed by atoms with Gasteiger partial charge in [0.1, 0.15) is 5.82 Å². The number of pyridine rings is 1. The second-order valence-corrected chi connectivity index (χ2v) is 3.92. The molecule has 0 amide bonds. The van der Waals surface area contributed by atoms with Gasteiger partial charge in [0.05, 0.1) is 5.56 Å². The second-order valence-electron chi connectivity index (χ2n) is 3.92. The van der Waals surface area contributed by atoms with E-state index >= 15 is 0 Å². The molecule has 3 nitrogen and oxygen atoms in total. The molecule has 0 aliphatic carbocycles. The highest BCUT2D eigenvalue weighted by atomic mass is 19.1. The maximum Gasteiger partial charge on any atom is 0.185 e. The van der Waals surface area contributed by atoms with Crippen molar-refractivity contribution in [3.8, 4) is 11.4 Å². The van der Waals surface area contributed by atoms with E-state index in [1.165, 1.54) is 6.07 Å². The van der Waals surface area contributed by atoms with E-state index in [0.717, 1.165) is 11.2 Å². The monoisotopic (exact) mass is 227 g/mol. The van der Waals surface area contributed by atoms with Crippen LogP contribution in [-0.2, 0) is 0 Å². The van der Waals surface area contributed by atoms with Gasteiger partial charge < -0.3 is 0 Å². The van der Waals surface area contributed by atoms with E-state index in [1.54, 1.807) is 22.7 Å². The van der Waals surface area contributed by atoms with Gasteiger partial charge in [-0.1, -0.05) is 12.1 Å². The van der Waals surface area contributed by atoms with Crippen LogP contribution in [0.25, 0.3) is 17.0 Å². The molecular formula is C13H10FN3. The minimum Gasteiger partial charge on any atom is -0.221 e. The summed E-state index contributed by atoms with van der Waals surface area (Å²) in [6.07, 6.45) is 1.82. The van der Waals surface area contributed by atoms with Gasteiger partial charge in [-0.15, -0.1) is 5.10 Å². The molecule has 0 fully saturated rings. The zero-order valence-electron chi connectivity index (χ0n) is 9.26. The van der Waals surface area contributed by atoms with Gasteiger partial charge in [-0.05, 0) is 36.8 Å². The molecule has 84 valence electrons. The molecule has 0 spiro atoms. The van der Waals surface area contributed by atoms with Crippen molar-refractivity contribution < 1.29 is 4.39 Å². The number of halogens is 1. The van der Waals surface area contributed by atoms with Gasteiger partial charge in [0.15, 0.2) is 11.5 Å². The summed E-state index contributed by atoms with van der Waals surface area (Å²) in [5.74, 6) is 0.105. The fourth-order valence-electron chi connectivity index (χ4n) is 1.74. The van der Waals surface area contributed by atoms with E-state index in [1.807, 2.05) is 25.3 Å². The molecule has 17 heavy (non-hydrogen) atoms. The Bertz CT molecular complexity index is 688. The standard InChI is InChI=1S/C13H10FN3/c1-9-6-7-17-12(8-9)15-13(16-17)10-4-2-3-5-11(10)14/h2-8H,1H3. The van der Waals surface area contributed by atoms with E-state index in [2.05, 4.69) is 10.1 Å². The maximum absolute atomic E-state index is 13.6. The Hall–Kier alpha value is -2.23. The Morgan fingerprint density at radius 1 is 1.18 bits per heavy atom. The highest BCUT2D eigenvalue weighted by Crippen LogP contribution is 2.19. The molecule has 1 aromatic carbocycles. The number of aryl methyl sites for hydroxylation is 1. The lowest BCUT2D eigenvalue weighted by molar-refractivity contribution is 0.630. The van der Waals surface area contributed by atoms with Crippen molar-refractivity contribution in [3.05, 3.63) is 54.0 Å². The van der Waals surface area contributed by atoms with Gasteiger partial charge in [-0.25, -0.2) is 13.9 Å². The quantitative estimate of drug-likeness (QED) is 0.640.